The molecule has 0 radical (unpaired) electrons. The molecule has 0 saturated heterocycles. The van der Waals surface area contributed by atoms with Gasteiger partial charge < -0.3 is 11.5 Å². The van der Waals surface area contributed by atoms with Gasteiger partial charge >= 0.3 is 29.6 Å². The number of carbonyl (C=O) groups is 2. The molecule has 25 heteroatoms. The predicted molar refractivity (Wildman–Crippen MR) is 203 cm³/mol. The van der Waals surface area contributed by atoms with Crippen molar-refractivity contribution in [1.29, 1.82) is 0 Å². The number of nitrogens with zero attached hydrogens (tertiary/aromatic N) is 2. The molecule has 57 heavy (non-hydrogen) atoms. The van der Waals surface area contributed by atoms with Gasteiger partial charge in [-0.25, -0.2) is 0 Å². The van der Waals surface area contributed by atoms with Crippen LogP contribution < -0.4 is 51.9 Å². The number of carbonyl (C=O) groups excluding carboxylic acids is 2. The molecule has 2 aliphatic carbocycles. The van der Waals surface area contributed by atoms with E-state index in [-0.39, 0.29) is 63.2 Å². The number of allylic oxidation sites excluding steroid dienone is 2. The van der Waals surface area contributed by atoms with Crippen LogP contribution in [-0.2, 0) is 40.5 Å². The Morgan fingerprint density at radius 1 is 0.491 bits per heavy atom. The number of nitrogen functional groups attached to an aromatic ring is 2. The second-order valence-corrected chi connectivity index (χ2v) is 17.5. The number of ketones is 2. The van der Waals surface area contributed by atoms with E-state index in [1.54, 1.807) is 24.3 Å². The minimum Gasteiger partial charge on any atom is -0.398 e. The summed E-state index contributed by atoms with van der Waals surface area (Å²) in [5.74, 6) is -2.14. The van der Waals surface area contributed by atoms with Gasteiger partial charge in [-0.15, -0.1) is 0 Å². The number of benzene rings is 4. The number of Topliss-reactive ketones (excluding diaryl/α,β-unsaturated/α-hetero) is 2. The molecule has 0 heterocycles. The maximum absolute atomic E-state index is 13.3. The first-order chi connectivity index (χ1) is 25.9. The molecule has 20 nitrogen and oxygen atoms in total. The molecule has 0 aromatic heterocycles. The summed E-state index contributed by atoms with van der Waals surface area (Å²) in [6.07, 6.45) is 1.56. The first-order valence-corrected chi connectivity index (χ1v) is 20.9. The molecule has 0 spiro atoms. The van der Waals surface area contributed by atoms with Crippen molar-refractivity contribution in [2.24, 2.45) is 10.2 Å². The molecule has 0 saturated carbocycles. The standard InChI is InChI=1S/C32H24N6O14S4.Na/c33-23-13-21(53(41,42)43)9-17-11-25(55(47,48)49)29(31(39)27(17)23)37-35-19-5-1-15(2-6-19)16-3-7-20(8-4-16)36-38-30-26(56(50,51)52)12-18-10-22(54(44,45)46)14-24(34)28(18)32(30)40;/h1-14,35-36H,33-34H2,(H,41,42,43)(H,44,45,46)(H,47,48,49)(H,50,51,52);/q;+1. The molecule has 290 valence electrons. The van der Waals surface area contributed by atoms with E-state index < -0.39 is 94.4 Å². The van der Waals surface area contributed by atoms with Crippen LogP contribution in [0.4, 0.5) is 22.7 Å². The van der Waals surface area contributed by atoms with Crippen LogP contribution in [0.15, 0.2) is 103 Å². The molecule has 0 fully saturated rings. The fourth-order valence-electron chi connectivity index (χ4n) is 5.57. The Morgan fingerprint density at radius 2 is 0.807 bits per heavy atom. The smallest absolute Gasteiger partial charge is 0.398 e. The summed E-state index contributed by atoms with van der Waals surface area (Å²) in [6.45, 7) is 0. The van der Waals surface area contributed by atoms with Gasteiger partial charge in [0.15, 0.2) is 11.4 Å². The van der Waals surface area contributed by atoms with Crippen LogP contribution in [0.1, 0.15) is 31.8 Å². The third-order valence-electron chi connectivity index (χ3n) is 8.12. The fourth-order valence-corrected chi connectivity index (χ4v) is 7.99. The first kappa shape index (κ1) is 43.0. The third kappa shape index (κ3) is 8.90. The van der Waals surface area contributed by atoms with E-state index in [9.17, 15) is 61.5 Å². The van der Waals surface area contributed by atoms with Crippen molar-refractivity contribution >= 4 is 98.4 Å². The molecular formula is C32H24N6NaO14S4+. The van der Waals surface area contributed by atoms with Gasteiger partial charge in [-0.3, -0.25) is 38.7 Å². The summed E-state index contributed by atoms with van der Waals surface area (Å²) in [5.41, 5.74) is 14.9. The zero-order valence-corrected chi connectivity index (χ0v) is 33.9. The molecule has 0 bridgehead atoms. The van der Waals surface area contributed by atoms with Gasteiger partial charge in [0.2, 0.25) is 11.6 Å². The Labute approximate surface area is 345 Å². The molecular weight excluding hydrogens is 844 g/mol. The van der Waals surface area contributed by atoms with Crippen molar-refractivity contribution in [1.82, 2.24) is 0 Å². The normalized spacial score (nSPS) is 15.9. The third-order valence-corrected chi connectivity index (χ3v) is 11.5. The van der Waals surface area contributed by atoms with Crippen LogP contribution in [0.2, 0.25) is 0 Å². The van der Waals surface area contributed by atoms with E-state index in [2.05, 4.69) is 21.1 Å². The summed E-state index contributed by atoms with van der Waals surface area (Å²) in [7, 11) is -19.8. The van der Waals surface area contributed by atoms with Crippen molar-refractivity contribution in [3.05, 3.63) is 105 Å². The van der Waals surface area contributed by atoms with Crippen molar-refractivity contribution in [2.75, 3.05) is 22.3 Å². The Balaban J connectivity index is 0.00000620. The molecule has 0 atom stereocenters. The van der Waals surface area contributed by atoms with Crippen LogP contribution in [0, 0.1) is 0 Å². The summed E-state index contributed by atoms with van der Waals surface area (Å²) >= 11 is 0. The van der Waals surface area contributed by atoms with Gasteiger partial charge in [0, 0.05) is 11.4 Å². The molecule has 0 unspecified atom stereocenters. The zero-order valence-electron chi connectivity index (χ0n) is 28.6. The minimum atomic E-state index is -5.09. The Hall–Kier alpha value is -5.12. The first-order valence-electron chi connectivity index (χ1n) is 15.1. The molecule has 6 rings (SSSR count). The van der Waals surface area contributed by atoms with Gasteiger partial charge in [0.25, 0.3) is 40.5 Å². The van der Waals surface area contributed by atoms with Gasteiger partial charge in [-0.05, 0) is 82.9 Å². The van der Waals surface area contributed by atoms with Gasteiger partial charge in [-0.2, -0.15) is 43.9 Å². The average molecular weight is 868 g/mol. The molecule has 0 amide bonds. The van der Waals surface area contributed by atoms with Gasteiger partial charge in [0.1, 0.15) is 9.81 Å². The van der Waals surface area contributed by atoms with Gasteiger partial charge in [0.05, 0.1) is 32.3 Å². The van der Waals surface area contributed by atoms with E-state index in [4.69, 9.17) is 11.5 Å². The molecule has 4 aromatic rings. The zero-order chi connectivity index (χ0) is 41.1. The van der Waals surface area contributed by atoms with E-state index in [1.165, 1.54) is 24.3 Å². The van der Waals surface area contributed by atoms with Crippen LogP contribution in [0.3, 0.4) is 0 Å². The summed E-state index contributed by atoms with van der Waals surface area (Å²) in [6, 6.07) is 15.7. The van der Waals surface area contributed by atoms with E-state index in [1.807, 2.05) is 0 Å². The van der Waals surface area contributed by atoms with Crippen molar-refractivity contribution < 1.29 is 91.0 Å². The number of nitrogens with two attached hydrogens (primary N) is 2. The van der Waals surface area contributed by atoms with E-state index in [0.717, 1.165) is 36.4 Å². The quantitative estimate of drug-likeness (QED) is 0.0467. The maximum Gasteiger partial charge on any atom is 1.00 e. The van der Waals surface area contributed by atoms with E-state index >= 15 is 0 Å². The Bertz CT molecular complexity index is 2800. The van der Waals surface area contributed by atoms with Crippen molar-refractivity contribution in [2.45, 2.75) is 9.79 Å². The molecule has 0 aliphatic heterocycles. The Kier molecular flexibility index (Phi) is 11.6. The molecule has 4 aromatic carbocycles. The average Bonchev–Trinajstić information content (AvgIpc) is 3.09. The summed E-state index contributed by atoms with van der Waals surface area (Å²) < 4.78 is 134. The maximum atomic E-state index is 13.3. The monoisotopic (exact) mass is 867 g/mol. The number of fused-ring (bicyclic) bond motifs is 2. The Morgan fingerprint density at radius 3 is 1.09 bits per heavy atom. The number of nitrogens with one attached hydrogen (secondary N) is 2. The topological polar surface area (TPSA) is 352 Å². The minimum absolute atomic E-state index is 0. The number of anilines is 4. The number of rotatable bonds is 9. The van der Waals surface area contributed by atoms with Crippen molar-refractivity contribution in [3.8, 4) is 11.1 Å². The second-order valence-electron chi connectivity index (χ2n) is 11.8. The fraction of sp³-hybridized carbons (Fsp3) is 0. The predicted octanol–water partition coefficient (Wildman–Crippen LogP) is -0.198. The number of hydrazone groups is 2. The van der Waals surface area contributed by atoms with Crippen LogP contribution in [0.25, 0.3) is 23.3 Å². The second kappa shape index (κ2) is 15.3. The largest absolute Gasteiger partial charge is 1.00 e. The van der Waals surface area contributed by atoms with Crippen LogP contribution >= 0.6 is 0 Å². The molecule has 2 aliphatic rings. The van der Waals surface area contributed by atoms with Crippen LogP contribution in [-0.4, -0.2) is 74.9 Å². The number of hydrogen-bond donors (Lipinski definition) is 8. The summed E-state index contributed by atoms with van der Waals surface area (Å²) in [5, 5.41) is 7.73. The van der Waals surface area contributed by atoms with Crippen LogP contribution in [0.5, 0.6) is 0 Å². The van der Waals surface area contributed by atoms with E-state index in [0.29, 0.717) is 11.1 Å². The SMILES string of the molecule is Nc1cc(S(=O)(=O)O)cc2c1C(=O)C(=NNc1ccc(-c3ccc(NN=C4C(=O)c5c(N)cc(S(=O)(=O)O)cc5C=C4S(=O)(=O)O)cc3)cc1)C(S(=O)(=O)O)=C2.[Na+]. The van der Waals surface area contributed by atoms with Gasteiger partial charge in [-0.1, -0.05) is 24.3 Å². The number of hydrogen-bond acceptors (Lipinski definition) is 16. The molecule has 10 N–H and O–H groups in total. The van der Waals surface area contributed by atoms with Crippen molar-refractivity contribution in [3.63, 3.8) is 0 Å². The summed E-state index contributed by atoms with van der Waals surface area (Å²) in [4.78, 5) is 23.2.